The third-order valence-corrected chi connectivity index (χ3v) is 6.10. The molecule has 0 radical (unpaired) electrons. The second-order valence-electron chi connectivity index (χ2n) is 8.18. The molecular weight excluding hydrogens is 446 g/mol. The fourth-order valence-electron chi connectivity index (χ4n) is 4.50. The molecule has 0 saturated carbocycles. The van der Waals surface area contributed by atoms with Crippen LogP contribution in [0.3, 0.4) is 0 Å². The van der Waals surface area contributed by atoms with Crippen LogP contribution < -0.4 is 0 Å². The first kappa shape index (κ1) is 21.8. The fourth-order valence-corrected chi connectivity index (χ4v) is 4.50. The van der Waals surface area contributed by atoms with Crippen molar-refractivity contribution < 1.29 is 22.4 Å². The third-order valence-electron chi connectivity index (χ3n) is 6.10. The summed E-state index contributed by atoms with van der Waals surface area (Å²) < 4.78 is 56.6. The van der Waals surface area contributed by atoms with Crippen molar-refractivity contribution in [2.24, 2.45) is 0 Å². The molecule has 0 spiro atoms. The number of carbonyl (C=O) groups is 1. The van der Waals surface area contributed by atoms with E-state index in [1.54, 1.807) is 35.0 Å². The molecule has 0 N–H and O–H groups in total. The van der Waals surface area contributed by atoms with Crippen LogP contribution in [0.15, 0.2) is 48.7 Å². The molecule has 34 heavy (non-hydrogen) atoms. The minimum absolute atomic E-state index is 0.0945. The number of hydrogen-bond donors (Lipinski definition) is 0. The minimum atomic E-state index is -4.72. The van der Waals surface area contributed by atoms with Gasteiger partial charge in [0.25, 0.3) is 0 Å². The molecule has 2 heterocycles. The van der Waals surface area contributed by atoms with E-state index in [1.165, 1.54) is 0 Å². The van der Waals surface area contributed by atoms with Crippen LogP contribution in [0.4, 0.5) is 17.6 Å². The Morgan fingerprint density at radius 2 is 1.79 bits per heavy atom. The maximum Gasteiger partial charge on any atom is 0.416 e. The lowest BCUT2D eigenvalue weighted by molar-refractivity contribution is -0.137. The summed E-state index contributed by atoms with van der Waals surface area (Å²) in [6, 6.07) is 11.1. The van der Waals surface area contributed by atoms with Crippen LogP contribution in [0, 0.1) is 17.1 Å². The lowest BCUT2D eigenvalue weighted by Crippen LogP contribution is -2.07. The summed E-state index contributed by atoms with van der Waals surface area (Å²) in [4.78, 5) is 18.1. The molecule has 0 unspecified atom stereocenters. The first-order valence-electron chi connectivity index (χ1n) is 10.7. The maximum absolute atomic E-state index is 15.2. The van der Waals surface area contributed by atoms with Crippen LogP contribution in [0.1, 0.15) is 46.8 Å². The van der Waals surface area contributed by atoms with E-state index in [9.17, 15) is 23.2 Å². The van der Waals surface area contributed by atoms with Gasteiger partial charge in [0.05, 0.1) is 22.4 Å². The molecule has 1 aliphatic carbocycles. The topological polar surface area (TPSA) is 58.7 Å². The molecule has 0 fully saturated rings. The van der Waals surface area contributed by atoms with Crippen LogP contribution in [0.2, 0.25) is 0 Å². The number of hydrogen-bond acceptors (Lipinski definition) is 3. The maximum atomic E-state index is 15.2. The molecule has 4 nitrogen and oxygen atoms in total. The summed E-state index contributed by atoms with van der Waals surface area (Å²) in [6.07, 6.45) is -1.44. The monoisotopic (exact) mass is 463 g/mol. The zero-order valence-electron chi connectivity index (χ0n) is 18.0. The number of unbranched alkanes of at least 4 members (excludes halogenated alkanes) is 1. The summed E-state index contributed by atoms with van der Waals surface area (Å²) in [5.41, 5.74) is 0.736. The van der Waals surface area contributed by atoms with Crippen LogP contribution in [0.5, 0.6) is 0 Å². The molecule has 170 valence electrons. The first-order valence-corrected chi connectivity index (χ1v) is 10.7. The quantitative estimate of drug-likeness (QED) is 0.277. The summed E-state index contributed by atoms with van der Waals surface area (Å²) in [5.74, 6) is -1.53. The lowest BCUT2D eigenvalue weighted by atomic mass is 9.92. The zero-order valence-corrected chi connectivity index (χ0v) is 18.0. The number of fused-ring (bicyclic) bond motifs is 4. The number of rotatable bonds is 4. The summed E-state index contributed by atoms with van der Waals surface area (Å²) >= 11 is 0. The van der Waals surface area contributed by atoms with Gasteiger partial charge in [0.1, 0.15) is 17.5 Å². The summed E-state index contributed by atoms with van der Waals surface area (Å²) in [7, 11) is 0. The van der Waals surface area contributed by atoms with Crippen molar-refractivity contribution in [3.05, 3.63) is 76.7 Å². The Hall–Kier alpha value is -3.99. The van der Waals surface area contributed by atoms with E-state index in [0.717, 1.165) is 25.0 Å². The van der Waals surface area contributed by atoms with Gasteiger partial charge in [-0.2, -0.15) is 18.4 Å². The van der Waals surface area contributed by atoms with E-state index in [1.807, 2.05) is 6.92 Å². The Labute approximate surface area is 192 Å². The van der Waals surface area contributed by atoms with Crippen molar-refractivity contribution in [1.29, 1.82) is 5.26 Å². The van der Waals surface area contributed by atoms with E-state index in [0.29, 0.717) is 35.1 Å². The van der Waals surface area contributed by atoms with Gasteiger partial charge in [-0.05, 0) is 18.6 Å². The molecule has 0 amide bonds. The van der Waals surface area contributed by atoms with Crippen molar-refractivity contribution in [1.82, 2.24) is 9.55 Å². The average Bonchev–Trinajstić information content (AvgIpc) is 3.31. The van der Waals surface area contributed by atoms with Crippen molar-refractivity contribution in [3.8, 4) is 28.5 Å². The van der Waals surface area contributed by atoms with Gasteiger partial charge < -0.3 is 4.57 Å². The SMILES string of the molecule is CCCCn1cc(C#N)c2c(-c3ccc(C(F)(F)F)cc3F)c3c(nc21)-c1ccccc1C3=O. The molecule has 4 aromatic rings. The number of nitrogens with zero attached hydrogens (tertiary/aromatic N) is 3. The summed E-state index contributed by atoms with van der Waals surface area (Å²) in [6.45, 7) is 2.56. The molecule has 1 aliphatic rings. The van der Waals surface area contributed by atoms with Gasteiger partial charge in [-0.3, -0.25) is 4.79 Å². The van der Waals surface area contributed by atoms with Gasteiger partial charge in [0, 0.05) is 40.4 Å². The molecule has 0 saturated heterocycles. The molecule has 5 rings (SSSR count). The van der Waals surface area contributed by atoms with Crippen molar-refractivity contribution in [3.63, 3.8) is 0 Å². The number of alkyl halides is 3. The summed E-state index contributed by atoms with van der Waals surface area (Å²) in [5, 5.41) is 10.1. The molecular formula is C26H17F4N3O. The fraction of sp³-hybridized carbons (Fsp3) is 0.192. The number of halogens is 4. The molecule has 2 aromatic carbocycles. The average molecular weight is 463 g/mol. The number of nitriles is 1. The predicted molar refractivity (Wildman–Crippen MR) is 119 cm³/mol. The zero-order chi connectivity index (χ0) is 24.2. The molecule has 0 aliphatic heterocycles. The Kier molecular flexibility index (Phi) is 5.01. The Morgan fingerprint density at radius 3 is 2.44 bits per heavy atom. The highest BCUT2D eigenvalue weighted by Crippen LogP contribution is 2.46. The number of pyridine rings is 1. The van der Waals surface area contributed by atoms with E-state index in [-0.39, 0.29) is 27.6 Å². The minimum Gasteiger partial charge on any atom is -0.331 e. The Morgan fingerprint density at radius 1 is 1.06 bits per heavy atom. The van der Waals surface area contributed by atoms with E-state index in [2.05, 4.69) is 6.07 Å². The van der Waals surface area contributed by atoms with Crippen molar-refractivity contribution >= 4 is 16.8 Å². The smallest absolute Gasteiger partial charge is 0.331 e. The van der Waals surface area contributed by atoms with Crippen molar-refractivity contribution in [2.45, 2.75) is 32.5 Å². The molecule has 0 bridgehead atoms. The molecule has 8 heteroatoms. The number of aromatic nitrogens is 2. The van der Waals surface area contributed by atoms with Gasteiger partial charge in [-0.15, -0.1) is 0 Å². The Bertz CT molecular complexity index is 1530. The molecule has 0 atom stereocenters. The lowest BCUT2D eigenvalue weighted by Gasteiger charge is -2.14. The number of benzene rings is 2. The van der Waals surface area contributed by atoms with Crippen LogP contribution >= 0.6 is 0 Å². The number of aryl methyl sites for hydroxylation is 1. The second-order valence-corrected chi connectivity index (χ2v) is 8.18. The van der Waals surface area contributed by atoms with Crippen LogP contribution in [-0.2, 0) is 12.7 Å². The highest BCUT2D eigenvalue weighted by Gasteiger charge is 2.36. The van der Waals surface area contributed by atoms with E-state index in [4.69, 9.17) is 4.98 Å². The number of carbonyl (C=O) groups excluding carboxylic acids is 1. The Balaban J connectivity index is 1.90. The van der Waals surface area contributed by atoms with Gasteiger partial charge in [0.2, 0.25) is 0 Å². The predicted octanol–water partition coefficient (Wildman–Crippen LogP) is 6.74. The largest absolute Gasteiger partial charge is 0.416 e. The molecule has 2 aromatic heterocycles. The highest BCUT2D eigenvalue weighted by molar-refractivity contribution is 6.27. The van der Waals surface area contributed by atoms with Gasteiger partial charge in [-0.1, -0.05) is 43.7 Å². The third kappa shape index (κ3) is 3.19. The number of ketones is 1. The van der Waals surface area contributed by atoms with Crippen LogP contribution in [0.25, 0.3) is 33.4 Å². The highest BCUT2D eigenvalue weighted by atomic mass is 19.4. The van der Waals surface area contributed by atoms with Gasteiger partial charge >= 0.3 is 6.18 Å². The van der Waals surface area contributed by atoms with Crippen molar-refractivity contribution in [2.75, 3.05) is 0 Å². The van der Waals surface area contributed by atoms with Gasteiger partial charge in [0.15, 0.2) is 5.78 Å². The van der Waals surface area contributed by atoms with E-state index >= 15 is 4.39 Å². The normalized spacial score (nSPS) is 12.6. The second kappa shape index (κ2) is 7.80. The van der Waals surface area contributed by atoms with E-state index < -0.39 is 23.3 Å². The first-order chi connectivity index (χ1) is 16.3. The van der Waals surface area contributed by atoms with Gasteiger partial charge in [-0.25, -0.2) is 9.37 Å². The van der Waals surface area contributed by atoms with Crippen LogP contribution in [-0.4, -0.2) is 15.3 Å². The standard InChI is InChI=1S/C26H17F4N3O/c1-2-3-10-33-13-14(12-31)20-21(18-9-8-15(11-19(18)27)26(28,29)30)22-23(32-25(20)33)16-6-4-5-7-17(16)24(22)34/h4-9,11,13H,2-3,10H2,1H3.